The first-order chi connectivity index (χ1) is 21.7. The van der Waals surface area contributed by atoms with E-state index in [2.05, 4.69) is 47.4 Å². The molecular weight excluding hydrogens is 696 g/mol. The topological polar surface area (TPSA) is 110 Å². The van der Waals surface area contributed by atoms with E-state index in [4.69, 9.17) is 10.00 Å². The van der Waals surface area contributed by atoms with Crippen molar-refractivity contribution in [3.8, 4) is 17.3 Å². The molecule has 2 saturated heterocycles. The molecule has 0 saturated carbocycles. The molecule has 0 amide bonds. The third kappa shape index (κ3) is 10.2. The van der Waals surface area contributed by atoms with Gasteiger partial charge in [-0.1, -0.05) is 13.8 Å². The second-order valence-corrected chi connectivity index (χ2v) is 12.6. The number of alkyl halides is 2. The number of rotatable bonds is 3. The number of pyridine rings is 2. The summed E-state index contributed by atoms with van der Waals surface area (Å²) in [5.41, 5.74) is 2.26. The molecule has 1 aliphatic carbocycles. The smallest absolute Gasteiger partial charge is 0.0587 e. The van der Waals surface area contributed by atoms with Gasteiger partial charge in [0.2, 0.25) is 0 Å². The van der Waals surface area contributed by atoms with E-state index in [9.17, 15) is 8.78 Å². The maximum atomic E-state index is 15.8. The van der Waals surface area contributed by atoms with E-state index in [0.717, 1.165) is 55.0 Å². The first kappa shape index (κ1) is 36.4. The van der Waals surface area contributed by atoms with Crippen LogP contribution in [0.25, 0.3) is 22.9 Å². The minimum absolute atomic E-state index is 0.0597. The van der Waals surface area contributed by atoms with Gasteiger partial charge >= 0.3 is 206 Å². The van der Waals surface area contributed by atoms with Gasteiger partial charge in [-0.05, 0) is 0 Å². The molecule has 9 nitrogen and oxygen atoms in total. The average molecular weight is 740 g/mol. The third-order valence-electron chi connectivity index (χ3n) is 7.14. The second kappa shape index (κ2) is 18.2. The molecule has 2 aromatic rings. The van der Waals surface area contributed by atoms with Crippen molar-refractivity contribution < 1.29 is 39.4 Å². The quantitative estimate of drug-likeness (QED) is 0.311. The minimum Gasteiger partial charge on any atom is -0.314 e. The number of hydrogen-bond acceptors (Lipinski definition) is 9. The van der Waals surface area contributed by atoms with Crippen LogP contribution in [0.4, 0.5) is 18.9 Å². The normalized spacial score (nSPS) is 21.9. The number of likely N-dealkylation sites (N-methyl/N-ethyl adjacent to an activating group) is 1. The van der Waals surface area contributed by atoms with Gasteiger partial charge in [0.05, 0.1) is 6.07 Å². The number of halogens is 4. The van der Waals surface area contributed by atoms with Crippen LogP contribution in [0.2, 0.25) is 0 Å². The zero-order valence-corrected chi connectivity index (χ0v) is 28.7. The Kier molecular flexibility index (Phi) is 14.7. The molecule has 246 valence electrons. The Bertz CT molecular complexity index is 1490. The number of hydrogen-bond donors (Lipinski definition) is 3. The molecule has 2 aromatic heterocycles. The number of likely N-dealkylation sites (tertiary alicyclic amines) is 1. The summed E-state index contributed by atoms with van der Waals surface area (Å²) in [6.07, 6.45) is 12.7. The van der Waals surface area contributed by atoms with Gasteiger partial charge in [-0.2, -0.15) is 5.26 Å². The van der Waals surface area contributed by atoms with Crippen molar-refractivity contribution in [3.05, 3.63) is 50.6 Å². The number of nitriles is 1. The summed E-state index contributed by atoms with van der Waals surface area (Å²) in [7, 11) is 1.65. The van der Waals surface area contributed by atoms with Crippen LogP contribution in [0.3, 0.4) is 0 Å². The molecule has 3 N–H and O–H groups in total. The van der Waals surface area contributed by atoms with E-state index in [1.807, 2.05) is 20.8 Å². The summed E-state index contributed by atoms with van der Waals surface area (Å²) >= 11 is -0.928. The van der Waals surface area contributed by atoms with Crippen molar-refractivity contribution in [1.82, 2.24) is 25.5 Å². The van der Waals surface area contributed by atoms with E-state index in [-0.39, 0.29) is 37.0 Å². The Hall–Kier alpha value is -3.06. The summed E-state index contributed by atoms with van der Waals surface area (Å²) in [6.45, 7) is 11.8. The summed E-state index contributed by atoms with van der Waals surface area (Å²) in [6, 6.07) is 1.50. The standard InChI is InChI=1S/C24H24F3IN5O.C4H10N2.C2H3N.C2H6/c1-14-6-4-3-5-7-15-9-29-10-17(19(14)15)21-20(25)22-18(11-30-21)28-32-23(31-22)34-12-16-8-24(26,27)13-33(16)2;1-2-6-4-3-5-1;1-2-3;1-2/h3-4,7,9-11,16H,5-6,8,12-13H2,1-2H3,(H,31,32);5-6H,1-4H2;1H3;1-2H3/q-1;;;/b4-3?,15-7-,19-14+;;;/t16-;;;/m0.../s1. The Balaban J connectivity index is 0.000000432. The zero-order chi connectivity index (χ0) is 32.8. The fourth-order valence-corrected chi connectivity index (χ4v) is 6.68. The summed E-state index contributed by atoms with van der Waals surface area (Å²) in [4.78, 5) is 10.4. The summed E-state index contributed by atoms with van der Waals surface area (Å²) < 4.78 is 53.9. The molecular formula is C32H43F3IN8O-. The first-order valence-electron chi connectivity index (χ1n) is 15.1. The van der Waals surface area contributed by atoms with Crippen LogP contribution in [-0.2, 0) is 4.74 Å². The van der Waals surface area contributed by atoms with Crippen molar-refractivity contribution in [1.29, 1.82) is 5.26 Å². The molecule has 0 radical (unpaired) electrons. The molecule has 0 aromatic carbocycles. The van der Waals surface area contributed by atoms with E-state index in [1.165, 1.54) is 6.92 Å². The van der Waals surface area contributed by atoms with Crippen LogP contribution in [0, 0.1) is 20.7 Å². The van der Waals surface area contributed by atoms with Crippen LogP contribution in [0.5, 0.6) is 0 Å². The van der Waals surface area contributed by atoms with E-state index in [1.54, 1.807) is 36.6 Å². The predicted molar refractivity (Wildman–Crippen MR) is 169 cm³/mol. The number of amidine groups is 1. The number of anilines is 1. The van der Waals surface area contributed by atoms with Crippen molar-refractivity contribution in [2.75, 3.05) is 51.7 Å². The number of nitrogens with zero attached hydrogens (tertiary/aromatic N) is 5. The maximum absolute atomic E-state index is 15.8. The van der Waals surface area contributed by atoms with E-state index in [0.29, 0.717) is 9.13 Å². The fourth-order valence-electron chi connectivity index (χ4n) is 5.07. The van der Waals surface area contributed by atoms with Crippen LogP contribution >= 0.6 is 0 Å². The van der Waals surface area contributed by atoms with Gasteiger partial charge in [-0.25, -0.2) is 0 Å². The molecule has 1 atom stereocenters. The number of allylic oxidation sites excluding steroid dienone is 2. The van der Waals surface area contributed by atoms with Crippen LogP contribution < -0.4 is 47.9 Å². The molecule has 5 heterocycles. The minimum atomic E-state index is -2.72. The largest absolute Gasteiger partial charge is 0.314 e. The molecule has 2 fully saturated rings. The van der Waals surface area contributed by atoms with Crippen LogP contribution in [0.15, 0.2) is 33.9 Å². The Morgan fingerprint density at radius 1 is 1.13 bits per heavy atom. The Morgan fingerprint density at radius 3 is 2.44 bits per heavy atom. The molecule has 3 aliphatic heterocycles. The summed E-state index contributed by atoms with van der Waals surface area (Å²) in [5, 5.41) is 18.6. The molecule has 45 heavy (non-hydrogen) atoms. The third-order valence-corrected chi connectivity index (χ3v) is 9.16. The number of nitrogens with one attached hydrogen (secondary N) is 3. The van der Waals surface area contributed by atoms with Gasteiger partial charge in [0.1, 0.15) is 0 Å². The SMILES string of the molecule is C/C1=c2\c(-c3ncc4c(c3F)NC(OC[C@@H]3CC(F)(F)CN3C)=N[I-]4)cnc\c2=C\CC=CC1.C1CNCCN1.CC.CC#N. The van der Waals surface area contributed by atoms with E-state index >= 15 is 4.39 Å². The number of piperazine rings is 1. The first-order valence-corrected chi connectivity index (χ1v) is 17.2. The van der Waals surface area contributed by atoms with Gasteiger partial charge in [0.15, 0.2) is 0 Å². The van der Waals surface area contributed by atoms with Gasteiger partial charge in [-0.15, -0.1) is 0 Å². The average Bonchev–Trinajstić information content (AvgIpc) is 3.32. The summed E-state index contributed by atoms with van der Waals surface area (Å²) in [5.74, 6) is -3.21. The fraction of sp³-hybridized carbons (Fsp3) is 0.500. The van der Waals surface area contributed by atoms with Gasteiger partial charge in [0.25, 0.3) is 0 Å². The molecule has 0 unspecified atom stereocenters. The Labute approximate surface area is 274 Å². The molecule has 0 bridgehead atoms. The predicted octanol–water partition coefficient (Wildman–Crippen LogP) is 0.630. The Morgan fingerprint density at radius 2 is 1.82 bits per heavy atom. The number of aromatic nitrogens is 2. The van der Waals surface area contributed by atoms with E-state index < -0.39 is 39.3 Å². The molecule has 6 rings (SSSR count). The van der Waals surface area contributed by atoms with Crippen LogP contribution in [0.1, 0.15) is 47.0 Å². The molecule has 13 heteroatoms. The van der Waals surface area contributed by atoms with Crippen molar-refractivity contribution in [2.24, 2.45) is 3.21 Å². The van der Waals surface area contributed by atoms with Crippen molar-refractivity contribution in [2.45, 2.75) is 58.9 Å². The maximum Gasteiger partial charge on any atom is 0.0587 e. The van der Waals surface area contributed by atoms with Gasteiger partial charge < -0.3 is 10.6 Å². The van der Waals surface area contributed by atoms with Crippen molar-refractivity contribution >= 4 is 23.4 Å². The van der Waals surface area contributed by atoms with Gasteiger partial charge in [-0.3, -0.25) is 0 Å². The van der Waals surface area contributed by atoms with Crippen LogP contribution in [-0.4, -0.2) is 79.2 Å². The number of fused-ring (bicyclic) bond motifs is 2. The number of ether oxygens (including phenoxy) is 1. The molecule has 4 aliphatic rings. The monoisotopic (exact) mass is 739 g/mol. The van der Waals surface area contributed by atoms with Gasteiger partial charge in [0, 0.05) is 33.1 Å². The zero-order valence-electron chi connectivity index (χ0n) is 26.6. The van der Waals surface area contributed by atoms with Crippen molar-refractivity contribution in [3.63, 3.8) is 0 Å². The molecule has 0 spiro atoms. The second-order valence-electron chi connectivity index (χ2n) is 10.5.